The smallest absolute Gasteiger partial charge is 0.336 e. The highest BCUT2D eigenvalue weighted by molar-refractivity contribution is 6.02. The first-order chi connectivity index (χ1) is 9.74. The van der Waals surface area contributed by atoms with Crippen molar-refractivity contribution in [3.63, 3.8) is 0 Å². The molecule has 5 heteroatoms. The number of carboxylic acid groups (broad SMARTS) is 1. The van der Waals surface area contributed by atoms with Crippen molar-refractivity contribution >= 4 is 16.9 Å². The van der Waals surface area contributed by atoms with Gasteiger partial charge in [0.1, 0.15) is 0 Å². The van der Waals surface area contributed by atoms with Gasteiger partial charge in [0.2, 0.25) is 5.88 Å². The highest BCUT2D eigenvalue weighted by Crippen LogP contribution is 2.21. The lowest BCUT2D eigenvalue weighted by Crippen LogP contribution is -2.12. The van der Waals surface area contributed by atoms with E-state index in [1.807, 2.05) is 0 Å². The molecule has 1 aliphatic heterocycles. The van der Waals surface area contributed by atoms with E-state index in [4.69, 9.17) is 14.6 Å². The maximum Gasteiger partial charge on any atom is 0.336 e. The van der Waals surface area contributed by atoms with Crippen LogP contribution < -0.4 is 4.74 Å². The lowest BCUT2D eigenvalue weighted by atomic mass is 10.1. The molecule has 104 valence electrons. The van der Waals surface area contributed by atoms with Crippen molar-refractivity contribution in [2.24, 2.45) is 5.92 Å². The van der Waals surface area contributed by atoms with Crippen LogP contribution in [-0.4, -0.2) is 35.9 Å². The zero-order valence-corrected chi connectivity index (χ0v) is 10.9. The van der Waals surface area contributed by atoms with Gasteiger partial charge in [-0.05, 0) is 24.6 Å². The van der Waals surface area contributed by atoms with Crippen LogP contribution in [0.4, 0.5) is 0 Å². The Morgan fingerprint density at radius 1 is 1.40 bits per heavy atom. The molecule has 2 aromatic rings. The maximum absolute atomic E-state index is 11.1. The quantitative estimate of drug-likeness (QED) is 0.926. The Kier molecular flexibility index (Phi) is 3.52. The number of fused-ring (bicyclic) bond motifs is 1. The molecule has 2 heterocycles. The first-order valence-electron chi connectivity index (χ1n) is 6.57. The van der Waals surface area contributed by atoms with E-state index in [0.29, 0.717) is 29.3 Å². The SMILES string of the molecule is O=C(O)c1cccc2nc(OCC3CCOC3)ccc12. The van der Waals surface area contributed by atoms with E-state index in [9.17, 15) is 4.79 Å². The summed E-state index contributed by atoms with van der Waals surface area (Å²) in [6.45, 7) is 2.11. The molecule has 3 rings (SSSR count). The minimum atomic E-state index is -0.950. The Morgan fingerprint density at radius 3 is 3.05 bits per heavy atom. The number of pyridine rings is 1. The van der Waals surface area contributed by atoms with E-state index in [2.05, 4.69) is 4.98 Å². The van der Waals surface area contributed by atoms with Crippen molar-refractivity contribution in [1.82, 2.24) is 4.98 Å². The molecule has 1 unspecified atom stereocenters. The number of benzene rings is 1. The number of hydrogen-bond donors (Lipinski definition) is 1. The zero-order chi connectivity index (χ0) is 13.9. The van der Waals surface area contributed by atoms with Crippen LogP contribution in [-0.2, 0) is 4.74 Å². The number of aromatic carboxylic acids is 1. The monoisotopic (exact) mass is 273 g/mol. The van der Waals surface area contributed by atoms with Crippen LogP contribution in [0.2, 0.25) is 0 Å². The Labute approximate surface area is 116 Å². The van der Waals surface area contributed by atoms with Crippen LogP contribution in [0.15, 0.2) is 30.3 Å². The third-order valence-electron chi connectivity index (χ3n) is 3.43. The number of nitrogens with zero attached hydrogens (tertiary/aromatic N) is 1. The summed E-state index contributed by atoms with van der Waals surface area (Å²) in [7, 11) is 0. The van der Waals surface area contributed by atoms with E-state index in [1.54, 1.807) is 30.3 Å². The summed E-state index contributed by atoms with van der Waals surface area (Å²) in [6, 6.07) is 8.50. The fraction of sp³-hybridized carbons (Fsp3) is 0.333. The van der Waals surface area contributed by atoms with Crippen molar-refractivity contribution in [1.29, 1.82) is 0 Å². The van der Waals surface area contributed by atoms with Crippen LogP contribution in [0.25, 0.3) is 10.9 Å². The molecular formula is C15H15NO4. The van der Waals surface area contributed by atoms with Gasteiger partial charge in [0, 0.05) is 24.0 Å². The molecule has 1 fully saturated rings. The Bertz CT molecular complexity index is 635. The minimum absolute atomic E-state index is 0.255. The van der Waals surface area contributed by atoms with Gasteiger partial charge in [-0.15, -0.1) is 0 Å². The maximum atomic E-state index is 11.1. The molecular weight excluding hydrogens is 258 g/mol. The molecule has 0 amide bonds. The summed E-state index contributed by atoms with van der Waals surface area (Å²) in [5.74, 6) is -0.0148. The molecule has 1 aromatic carbocycles. The second-order valence-corrected chi connectivity index (χ2v) is 4.87. The van der Waals surface area contributed by atoms with E-state index < -0.39 is 5.97 Å². The van der Waals surface area contributed by atoms with Crippen molar-refractivity contribution in [3.8, 4) is 5.88 Å². The number of hydrogen-bond acceptors (Lipinski definition) is 4. The third-order valence-corrected chi connectivity index (χ3v) is 3.43. The predicted molar refractivity (Wildman–Crippen MR) is 73.1 cm³/mol. The van der Waals surface area contributed by atoms with E-state index >= 15 is 0 Å². The highest BCUT2D eigenvalue weighted by Gasteiger charge is 2.16. The summed E-state index contributed by atoms with van der Waals surface area (Å²) in [6.07, 6.45) is 1.01. The van der Waals surface area contributed by atoms with Crippen molar-refractivity contribution in [3.05, 3.63) is 35.9 Å². The fourth-order valence-electron chi connectivity index (χ4n) is 2.32. The van der Waals surface area contributed by atoms with Gasteiger partial charge in [0.25, 0.3) is 0 Å². The summed E-state index contributed by atoms with van der Waals surface area (Å²) in [5.41, 5.74) is 0.885. The second kappa shape index (κ2) is 5.46. The molecule has 20 heavy (non-hydrogen) atoms. The lowest BCUT2D eigenvalue weighted by Gasteiger charge is -2.10. The largest absolute Gasteiger partial charge is 0.478 e. The number of carboxylic acids is 1. The number of rotatable bonds is 4. The van der Waals surface area contributed by atoms with Crippen molar-refractivity contribution < 1.29 is 19.4 Å². The molecule has 1 saturated heterocycles. The first-order valence-corrected chi connectivity index (χ1v) is 6.57. The Balaban J connectivity index is 1.81. The highest BCUT2D eigenvalue weighted by atomic mass is 16.5. The molecule has 1 aliphatic rings. The summed E-state index contributed by atoms with van der Waals surface area (Å²) >= 11 is 0. The molecule has 5 nitrogen and oxygen atoms in total. The van der Waals surface area contributed by atoms with Gasteiger partial charge in [-0.2, -0.15) is 0 Å². The van der Waals surface area contributed by atoms with Crippen LogP contribution in [0.5, 0.6) is 5.88 Å². The van der Waals surface area contributed by atoms with Crippen LogP contribution in [0, 0.1) is 5.92 Å². The number of carbonyl (C=O) groups is 1. The van der Waals surface area contributed by atoms with Crippen LogP contribution >= 0.6 is 0 Å². The Morgan fingerprint density at radius 2 is 2.30 bits per heavy atom. The van der Waals surface area contributed by atoms with Gasteiger partial charge in [-0.25, -0.2) is 9.78 Å². The van der Waals surface area contributed by atoms with Gasteiger partial charge >= 0.3 is 5.97 Å². The molecule has 0 radical (unpaired) electrons. The molecule has 0 bridgehead atoms. The third kappa shape index (κ3) is 2.58. The average molecular weight is 273 g/mol. The zero-order valence-electron chi connectivity index (χ0n) is 10.9. The van der Waals surface area contributed by atoms with Crippen molar-refractivity contribution in [2.45, 2.75) is 6.42 Å². The van der Waals surface area contributed by atoms with Crippen LogP contribution in [0.3, 0.4) is 0 Å². The molecule has 0 spiro atoms. The molecule has 1 N–H and O–H groups in total. The standard InChI is InChI=1S/C15H15NO4/c17-15(18)12-2-1-3-13-11(12)4-5-14(16-13)20-9-10-6-7-19-8-10/h1-5,10H,6-9H2,(H,17,18). The number of aromatic nitrogens is 1. The van der Waals surface area contributed by atoms with E-state index in [-0.39, 0.29) is 5.56 Å². The second-order valence-electron chi connectivity index (χ2n) is 4.87. The topological polar surface area (TPSA) is 68.7 Å². The molecule has 0 saturated carbocycles. The van der Waals surface area contributed by atoms with E-state index in [1.165, 1.54) is 0 Å². The Hall–Kier alpha value is -2.14. The van der Waals surface area contributed by atoms with Crippen LogP contribution in [0.1, 0.15) is 16.8 Å². The summed E-state index contributed by atoms with van der Waals surface area (Å²) < 4.78 is 11.0. The fourth-order valence-corrected chi connectivity index (χ4v) is 2.32. The number of ether oxygens (including phenoxy) is 2. The van der Waals surface area contributed by atoms with Crippen molar-refractivity contribution in [2.75, 3.05) is 19.8 Å². The van der Waals surface area contributed by atoms with Gasteiger partial charge < -0.3 is 14.6 Å². The predicted octanol–water partition coefficient (Wildman–Crippen LogP) is 2.35. The first kappa shape index (κ1) is 12.9. The normalized spacial score (nSPS) is 18.3. The summed E-state index contributed by atoms with van der Waals surface area (Å²) in [5, 5.41) is 9.75. The molecule has 1 atom stereocenters. The minimum Gasteiger partial charge on any atom is -0.478 e. The summed E-state index contributed by atoms with van der Waals surface area (Å²) in [4.78, 5) is 15.5. The van der Waals surface area contributed by atoms with Gasteiger partial charge in [0.05, 0.1) is 24.3 Å². The van der Waals surface area contributed by atoms with Gasteiger partial charge in [0.15, 0.2) is 0 Å². The lowest BCUT2D eigenvalue weighted by molar-refractivity contribution is 0.0699. The molecule has 0 aliphatic carbocycles. The van der Waals surface area contributed by atoms with Gasteiger partial charge in [-0.1, -0.05) is 6.07 Å². The average Bonchev–Trinajstić information content (AvgIpc) is 2.97. The van der Waals surface area contributed by atoms with E-state index in [0.717, 1.165) is 19.6 Å². The van der Waals surface area contributed by atoms with Gasteiger partial charge in [-0.3, -0.25) is 0 Å². The molecule has 1 aromatic heterocycles.